The molecule has 0 saturated heterocycles. The highest BCUT2D eigenvalue weighted by Crippen LogP contribution is 2.72. The molecule has 1 heterocycles. The maximum absolute atomic E-state index is 6.69. The first-order valence-corrected chi connectivity index (χ1v) is 22.9. The van der Waals surface area contributed by atoms with E-state index in [-0.39, 0.29) is 10.8 Å². The zero-order valence-corrected chi connectivity index (χ0v) is 33.2. The van der Waals surface area contributed by atoms with Crippen LogP contribution < -0.4 is 4.90 Å². The fourth-order valence-electron chi connectivity index (χ4n) is 16.9. The van der Waals surface area contributed by atoms with E-state index in [1.807, 2.05) is 0 Å². The molecule has 0 unspecified atom stereocenters. The van der Waals surface area contributed by atoms with E-state index in [9.17, 15) is 0 Å². The minimum Gasteiger partial charge on any atom is -0.456 e. The van der Waals surface area contributed by atoms with Crippen LogP contribution in [-0.4, -0.2) is 0 Å². The van der Waals surface area contributed by atoms with Gasteiger partial charge in [-0.25, -0.2) is 0 Å². The highest BCUT2D eigenvalue weighted by atomic mass is 16.3. The molecule has 1 aromatic heterocycles. The third-order valence-corrected chi connectivity index (χ3v) is 18.2. The first-order chi connectivity index (χ1) is 28.7. The predicted molar refractivity (Wildman–Crippen MR) is 235 cm³/mol. The van der Waals surface area contributed by atoms with Crippen LogP contribution in [0.25, 0.3) is 44.2 Å². The Balaban J connectivity index is 1.00. The van der Waals surface area contributed by atoms with Crippen molar-refractivity contribution in [3.05, 3.63) is 150 Å². The van der Waals surface area contributed by atoms with Gasteiger partial charge in [-0.2, -0.15) is 0 Å². The maximum Gasteiger partial charge on any atom is 0.137 e. The highest BCUT2D eigenvalue weighted by molar-refractivity contribution is 6.06. The SMILES string of the molecule is c1ccc2c(c1)-c1ccc(N(c3ccc4c(c3)oc3ccccc34)c3cccc4c3C3(c5ccccc5-4)C4CC5CC(C4)CC3C5)cc1C21C2CC3CC(C2)CC1C3. The van der Waals surface area contributed by atoms with E-state index in [0.717, 1.165) is 46.7 Å². The van der Waals surface area contributed by atoms with Gasteiger partial charge in [0.2, 0.25) is 0 Å². The Morgan fingerprint density at radius 2 is 0.914 bits per heavy atom. The summed E-state index contributed by atoms with van der Waals surface area (Å²) in [6, 6.07) is 49.9. The van der Waals surface area contributed by atoms with Gasteiger partial charge < -0.3 is 9.32 Å². The summed E-state index contributed by atoms with van der Waals surface area (Å²) in [5.74, 6) is 6.49. The molecule has 2 nitrogen and oxygen atoms in total. The second-order valence-corrected chi connectivity index (χ2v) is 20.5. The molecule has 10 aliphatic carbocycles. The van der Waals surface area contributed by atoms with Crippen molar-refractivity contribution in [1.29, 1.82) is 0 Å². The number of hydrogen-bond acceptors (Lipinski definition) is 2. The Morgan fingerprint density at radius 3 is 1.62 bits per heavy atom. The molecule has 2 spiro atoms. The standard InChI is InChI=1S/C56H49NO/c1-4-12-48-42(8-1)44-18-16-40(30-50(44)55(48)36-22-32-20-33(24-36)25-37(55)23-32)57(41-17-19-46-45-10-3-6-15-52(45)58-53(46)31-41)51-14-7-11-47-43-9-2-5-13-49(43)56(54(47)51)38-26-34-21-35(28-38)29-39(56)27-34/h1-19,30-39H,20-29H2. The van der Waals surface area contributed by atoms with Gasteiger partial charge in [0.25, 0.3) is 0 Å². The van der Waals surface area contributed by atoms with Crippen LogP contribution in [0.5, 0.6) is 0 Å². The summed E-state index contributed by atoms with van der Waals surface area (Å²) in [5.41, 5.74) is 18.4. The number of fused-ring (bicyclic) bond motifs is 9. The van der Waals surface area contributed by atoms with Crippen molar-refractivity contribution < 1.29 is 4.42 Å². The fourth-order valence-corrected chi connectivity index (χ4v) is 16.9. The Labute approximate surface area is 341 Å². The van der Waals surface area contributed by atoms with Crippen molar-refractivity contribution in [3.8, 4) is 22.3 Å². The van der Waals surface area contributed by atoms with E-state index < -0.39 is 0 Å². The number of para-hydroxylation sites is 1. The van der Waals surface area contributed by atoms with Crippen LogP contribution in [0.15, 0.2) is 132 Å². The van der Waals surface area contributed by atoms with Crippen LogP contribution in [0.2, 0.25) is 0 Å². The summed E-state index contributed by atoms with van der Waals surface area (Å²) in [5, 5.41) is 2.39. The third kappa shape index (κ3) is 3.75. The summed E-state index contributed by atoms with van der Waals surface area (Å²) in [4.78, 5) is 2.71. The minimum atomic E-state index is 0.0489. The highest BCUT2D eigenvalue weighted by Gasteiger charge is 2.64. The third-order valence-electron chi connectivity index (χ3n) is 18.2. The van der Waals surface area contributed by atoms with Gasteiger partial charge in [-0.1, -0.05) is 84.9 Å². The molecule has 284 valence electrons. The zero-order chi connectivity index (χ0) is 37.5. The summed E-state index contributed by atoms with van der Waals surface area (Å²) < 4.78 is 6.69. The first kappa shape index (κ1) is 31.9. The molecule has 10 aliphatic rings. The molecule has 2 heteroatoms. The number of anilines is 3. The molecule has 7 aromatic rings. The molecule has 8 bridgehead atoms. The van der Waals surface area contributed by atoms with Crippen LogP contribution in [0.4, 0.5) is 17.1 Å². The summed E-state index contributed by atoms with van der Waals surface area (Å²) in [7, 11) is 0. The minimum absolute atomic E-state index is 0.0489. The maximum atomic E-state index is 6.69. The predicted octanol–water partition coefficient (Wildman–Crippen LogP) is 14.5. The molecule has 8 saturated carbocycles. The summed E-state index contributed by atoms with van der Waals surface area (Å²) >= 11 is 0. The van der Waals surface area contributed by atoms with E-state index >= 15 is 0 Å². The number of nitrogens with zero attached hydrogens (tertiary/aromatic N) is 1. The van der Waals surface area contributed by atoms with Crippen molar-refractivity contribution in [2.75, 3.05) is 4.90 Å². The van der Waals surface area contributed by atoms with Gasteiger partial charge in [0.05, 0.1) is 5.69 Å². The fraction of sp³-hybridized carbons (Fsp3) is 0.357. The topological polar surface area (TPSA) is 16.4 Å². The van der Waals surface area contributed by atoms with Crippen molar-refractivity contribution in [3.63, 3.8) is 0 Å². The molecule has 0 N–H and O–H groups in total. The van der Waals surface area contributed by atoms with Crippen LogP contribution in [0.3, 0.4) is 0 Å². The lowest BCUT2D eigenvalue weighted by molar-refractivity contribution is -0.0399. The van der Waals surface area contributed by atoms with Gasteiger partial charge in [-0.05, 0) is 192 Å². The molecule has 6 aromatic carbocycles. The van der Waals surface area contributed by atoms with E-state index in [4.69, 9.17) is 4.42 Å². The first-order valence-electron chi connectivity index (χ1n) is 22.9. The van der Waals surface area contributed by atoms with E-state index in [2.05, 4.69) is 132 Å². The smallest absolute Gasteiger partial charge is 0.137 e. The van der Waals surface area contributed by atoms with E-state index in [0.29, 0.717) is 11.8 Å². The molecular weight excluding hydrogens is 703 g/mol. The lowest BCUT2D eigenvalue weighted by Gasteiger charge is -2.61. The van der Waals surface area contributed by atoms with Crippen LogP contribution in [-0.2, 0) is 10.8 Å². The average Bonchev–Trinajstić information content (AvgIpc) is 3.87. The van der Waals surface area contributed by atoms with Gasteiger partial charge >= 0.3 is 0 Å². The Hall–Kier alpha value is -5.08. The van der Waals surface area contributed by atoms with Gasteiger partial charge in [0.15, 0.2) is 0 Å². The van der Waals surface area contributed by atoms with E-state index in [1.54, 1.807) is 22.3 Å². The number of furan rings is 1. The monoisotopic (exact) mass is 751 g/mol. The zero-order valence-electron chi connectivity index (χ0n) is 33.2. The molecule has 8 fully saturated rings. The molecule has 0 radical (unpaired) electrons. The second-order valence-electron chi connectivity index (χ2n) is 20.5. The van der Waals surface area contributed by atoms with E-state index in [1.165, 1.54) is 114 Å². The number of benzene rings is 6. The van der Waals surface area contributed by atoms with Gasteiger partial charge in [-0.3, -0.25) is 0 Å². The second kappa shape index (κ2) is 10.9. The Kier molecular flexibility index (Phi) is 6.01. The Morgan fingerprint density at radius 1 is 0.397 bits per heavy atom. The average molecular weight is 752 g/mol. The molecule has 0 atom stereocenters. The van der Waals surface area contributed by atoms with Gasteiger partial charge in [-0.15, -0.1) is 0 Å². The number of rotatable bonds is 3. The largest absolute Gasteiger partial charge is 0.456 e. The lowest BCUT2D eigenvalue weighted by Crippen LogP contribution is -2.55. The van der Waals surface area contributed by atoms with Crippen LogP contribution in [0.1, 0.15) is 86.5 Å². The van der Waals surface area contributed by atoms with Crippen LogP contribution in [0, 0.1) is 47.3 Å². The lowest BCUT2D eigenvalue weighted by atomic mass is 9.43. The van der Waals surface area contributed by atoms with Crippen molar-refractivity contribution in [2.24, 2.45) is 47.3 Å². The normalized spacial score (nSPS) is 33.7. The van der Waals surface area contributed by atoms with Crippen molar-refractivity contribution in [2.45, 2.75) is 75.0 Å². The molecule has 0 amide bonds. The molecule has 0 aliphatic heterocycles. The quantitative estimate of drug-likeness (QED) is 0.179. The molecule has 58 heavy (non-hydrogen) atoms. The molecular formula is C56H49NO. The summed E-state index contributed by atoms with van der Waals surface area (Å²) in [6.45, 7) is 0. The van der Waals surface area contributed by atoms with Gasteiger partial charge in [0.1, 0.15) is 11.2 Å². The van der Waals surface area contributed by atoms with Crippen molar-refractivity contribution >= 4 is 39.0 Å². The van der Waals surface area contributed by atoms with Crippen molar-refractivity contribution in [1.82, 2.24) is 0 Å². The molecule has 17 rings (SSSR count). The summed E-state index contributed by atoms with van der Waals surface area (Å²) in [6.07, 6.45) is 14.0. The van der Waals surface area contributed by atoms with Gasteiger partial charge in [0, 0.05) is 39.0 Å². The Bertz CT molecular complexity index is 2850. The van der Waals surface area contributed by atoms with Crippen LogP contribution >= 0.6 is 0 Å². The number of hydrogen-bond donors (Lipinski definition) is 0.